The third-order valence-electron chi connectivity index (χ3n) is 2.05. The maximum Gasteiger partial charge on any atom is 0.295 e. The molecule has 0 unspecified atom stereocenters. The van der Waals surface area contributed by atoms with Crippen LogP contribution in [0.1, 0.15) is 0 Å². The number of halogens is 2. The van der Waals surface area contributed by atoms with Gasteiger partial charge in [-0.05, 0) is 22.0 Å². The van der Waals surface area contributed by atoms with Crippen LogP contribution in [0.25, 0.3) is 0 Å². The number of benzene rings is 1. The van der Waals surface area contributed by atoms with Gasteiger partial charge in [0.15, 0.2) is 0 Å². The highest BCUT2D eigenvalue weighted by Crippen LogP contribution is 2.36. The summed E-state index contributed by atoms with van der Waals surface area (Å²) < 4.78 is 23.9. The SMILES string of the molecule is CN(c1cc(Br)c(Cl)cc1[N+](=O)[O-])S(C)(=O)=O. The van der Waals surface area contributed by atoms with Gasteiger partial charge in [-0.2, -0.15) is 0 Å². The zero-order valence-electron chi connectivity index (χ0n) is 8.85. The average molecular weight is 344 g/mol. The fraction of sp³-hybridized carbons (Fsp3) is 0.250. The largest absolute Gasteiger partial charge is 0.295 e. The molecule has 0 amide bonds. The Balaban J connectivity index is 3.52. The molecule has 0 fully saturated rings. The molecule has 0 aromatic heterocycles. The van der Waals surface area contributed by atoms with Gasteiger partial charge in [-0.25, -0.2) is 8.42 Å². The summed E-state index contributed by atoms with van der Waals surface area (Å²) >= 11 is 8.82. The average Bonchev–Trinajstić information content (AvgIpc) is 2.18. The lowest BCUT2D eigenvalue weighted by Crippen LogP contribution is -2.25. The Bertz CT molecular complexity index is 575. The second kappa shape index (κ2) is 4.79. The molecule has 6 nitrogen and oxygen atoms in total. The van der Waals surface area contributed by atoms with Crippen molar-refractivity contribution in [2.45, 2.75) is 0 Å². The van der Waals surface area contributed by atoms with Crippen molar-refractivity contribution < 1.29 is 13.3 Å². The van der Waals surface area contributed by atoms with Crippen molar-refractivity contribution in [3.8, 4) is 0 Å². The molecule has 0 atom stereocenters. The molecule has 1 aromatic rings. The van der Waals surface area contributed by atoms with E-state index in [4.69, 9.17) is 11.6 Å². The van der Waals surface area contributed by atoms with Gasteiger partial charge in [0.2, 0.25) is 10.0 Å². The van der Waals surface area contributed by atoms with Crippen LogP contribution in [0.15, 0.2) is 16.6 Å². The molecule has 0 heterocycles. The third-order valence-corrected chi connectivity index (χ3v) is 4.44. The zero-order chi connectivity index (χ0) is 13.4. The van der Waals surface area contributed by atoms with E-state index in [1.807, 2.05) is 0 Å². The van der Waals surface area contributed by atoms with Crippen molar-refractivity contribution >= 4 is 48.9 Å². The lowest BCUT2D eigenvalue weighted by atomic mass is 10.3. The van der Waals surface area contributed by atoms with Gasteiger partial charge in [0.1, 0.15) is 5.69 Å². The highest BCUT2D eigenvalue weighted by Gasteiger charge is 2.24. The predicted molar refractivity (Wildman–Crippen MR) is 69.1 cm³/mol. The molecule has 0 N–H and O–H groups in total. The minimum absolute atomic E-state index is 0.0474. The first-order chi connectivity index (χ1) is 7.64. The van der Waals surface area contributed by atoms with E-state index < -0.39 is 14.9 Å². The van der Waals surface area contributed by atoms with Crippen LogP contribution in [-0.2, 0) is 10.0 Å². The summed E-state index contributed by atoms with van der Waals surface area (Å²) in [6.45, 7) is 0. The van der Waals surface area contributed by atoms with Gasteiger partial charge in [0.05, 0.1) is 16.2 Å². The number of nitrogens with zero attached hydrogens (tertiary/aromatic N) is 2. The molecule has 0 aliphatic heterocycles. The van der Waals surface area contributed by atoms with Crippen molar-refractivity contribution in [2.24, 2.45) is 0 Å². The Hall–Kier alpha value is -0.860. The van der Waals surface area contributed by atoms with Gasteiger partial charge >= 0.3 is 0 Å². The van der Waals surface area contributed by atoms with Crippen molar-refractivity contribution in [2.75, 3.05) is 17.6 Å². The first kappa shape index (κ1) is 14.2. The van der Waals surface area contributed by atoms with E-state index in [2.05, 4.69) is 15.9 Å². The van der Waals surface area contributed by atoms with E-state index >= 15 is 0 Å². The minimum Gasteiger partial charge on any atom is -0.267 e. The Morgan fingerprint density at radius 1 is 1.47 bits per heavy atom. The van der Waals surface area contributed by atoms with E-state index in [1.54, 1.807) is 0 Å². The van der Waals surface area contributed by atoms with Crippen molar-refractivity contribution in [3.63, 3.8) is 0 Å². The maximum absolute atomic E-state index is 11.4. The number of hydrogen-bond donors (Lipinski definition) is 0. The lowest BCUT2D eigenvalue weighted by molar-refractivity contribution is -0.384. The van der Waals surface area contributed by atoms with E-state index in [9.17, 15) is 18.5 Å². The summed E-state index contributed by atoms with van der Waals surface area (Å²) in [6, 6.07) is 2.39. The van der Waals surface area contributed by atoms with Gasteiger partial charge in [0.25, 0.3) is 5.69 Å². The van der Waals surface area contributed by atoms with Crippen molar-refractivity contribution in [1.82, 2.24) is 0 Å². The lowest BCUT2D eigenvalue weighted by Gasteiger charge is -2.17. The number of nitro benzene ring substituents is 1. The zero-order valence-corrected chi connectivity index (χ0v) is 12.0. The normalized spacial score (nSPS) is 11.3. The summed E-state index contributed by atoms with van der Waals surface area (Å²) in [5, 5.41) is 11.0. The standard InChI is InChI=1S/C8H8BrClN2O4S/c1-11(17(2,15)16)7-3-5(9)6(10)4-8(7)12(13)14/h3-4H,1-2H3. The van der Waals surface area contributed by atoms with Crippen LogP contribution in [0, 0.1) is 10.1 Å². The second-order valence-corrected chi connectivity index (χ2v) is 6.52. The first-order valence-corrected chi connectivity index (χ1v) is 7.24. The predicted octanol–water partition coefficient (Wildman–Crippen LogP) is 2.41. The van der Waals surface area contributed by atoms with E-state index in [0.717, 1.165) is 16.6 Å². The Labute approximate surface area is 112 Å². The van der Waals surface area contributed by atoms with Crippen LogP contribution in [-0.4, -0.2) is 26.6 Å². The fourth-order valence-electron chi connectivity index (χ4n) is 1.10. The van der Waals surface area contributed by atoms with Crippen LogP contribution in [0.3, 0.4) is 0 Å². The molecule has 94 valence electrons. The number of sulfonamides is 1. The summed E-state index contributed by atoms with van der Waals surface area (Å²) in [5.41, 5.74) is -0.417. The Kier molecular flexibility index (Phi) is 4.00. The van der Waals surface area contributed by atoms with Crippen LogP contribution >= 0.6 is 27.5 Å². The number of rotatable bonds is 3. The van der Waals surface area contributed by atoms with Crippen LogP contribution in [0.5, 0.6) is 0 Å². The van der Waals surface area contributed by atoms with Crippen molar-refractivity contribution in [3.05, 3.63) is 31.7 Å². The van der Waals surface area contributed by atoms with Gasteiger partial charge in [-0.3, -0.25) is 14.4 Å². The van der Waals surface area contributed by atoms with Gasteiger partial charge in [0, 0.05) is 17.6 Å². The van der Waals surface area contributed by atoms with Gasteiger partial charge in [-0.1, -0.05) is 11.6 Å². The summed E-state index contributed by atoms with van der Waals surface area (Å²) in [6.07, 6.45) is 0.958. The molecule has 0 saturated heterocycles. The maximum atomic E-state index is 11.4. The molecule has 0 aliphatic rings. The van der Waals surface area contributed by atoms with E-state index in [-0.39, 0.29) is 16.4 Å². The number of nitro groups is 1. The second-order valence-electron chi connectivity index (χ2n) is 3.24. The first-order valence-electron chi connectivity index (χ1n) is 4.22. The van der Waals surface area contributed by atoms with Gasteiger partial charge < -0.3 is 0 Å². The topological polar surface area (TPSA) is 80.5 Å². The van der Waals surface area contributed by atoms with Crippen LogP contribution in [0.4, 0.5) is 11.4 Å². The molecule has 0 radical (unpaired) electrons. The Morgan fingerprint density at radius 3 is 2.41 bits per heavy atom. The molecular weight excluding hydrogens is 336 g/mol. The molecule has 0 saturated carbocycles. The van der Waals surface area contributed by atoms with Crippen LogP contribution < -0.4 is 4.31 Å². The molecular formula is C8H8BrClN2O4S. The highest BCUT2D eigenvalue weighted by molar-refractivity contribution is 9.10. The summed E-state index contributed by atoms with van der Waals surface area (Å²) in [7, 11) is -2.34. The summed E-state index contributed by atoms with van der Waals surface area (Å²) in [5.74, 6) is 0. The molecule has 0 aliphatic carbocycles. The van der Waals surface area contributed by atoms with Crippen molar-refractivity contribution in [1.29, 1.82) is 0 Å². The number of hydrogen-bond acceptors (Lipinski definition) is 4. The molecule has 9 heteroatoms. The highest BCUT2D eigenvalue weighted by atomic mass is 79.9. The minimum atomic E-state index is -3.58. The monoisotopic (exact) mass is 342 g/mol. The van der Waals surface area contributed by atoms with Gasteiger partial charge in [-0.15, -0.1) is 0 Å². The molecule has 0 bridgehead atoms. The molecule has 1 rings (SSSR count). The fourth-order valence-corrected chi connectivity index (χ4v) is 2.10. The quantitative estimate of drug-likeness (QED) is 0.623. The smallest absolute Gasteiger partial charge is 0.267 e. The third kappa shape index (κ3) is 3.08. The van der Waals surface area contributed by atoms with E-state index in [1.165, 1.54) is 13.1 Å². The van der Waals surface area contributed by atoms with Crippen LogP contribution in [0.2, 0.25) is 5.02 Å². The van der Waals surface area contributed by atoms with E-state index in [0.29, 0.717) is 4.47 Å². The molecule has 17 heavy (non-hydrogen) atoms. The molecule has 0 spiro atoms. The molecule has 1 aromatic carbocycles. The Morgan fingerprint density at radius 2 is 2.00 bits per heavy atom. The number of anilines is 1. The summed E-state index contributed by atoms with van der Waals surface area (Å²) in [4.78, 5) is 10.1.